The third kappa shape index (κ3) is 3.69. The molecule has 2 aromatic heterocycles. The maximum absolute atomic E-state index is 13.6. The first-order valence-electron chi connectivity index (χ1n) is 10.7. The number of halogens is 1. The van der Waals surface area contributed by atoms with Crippen molar-refractivity contribution < 1.29 is 13.9 Å². The van der Waals surface area contributed by atoms with E-state index < -0.39 is 11.9 Å². The molecule has 1 amide bonds. The normalized spacial score (nSPS) is 15.3. The van der Waals surface area contributed by atoms with Gasteiger partial charge in [-0.25, -0.2) is 0 Å². The van der Waals surface area contributed by atoms with Gasteiger partial charge < -0.3 is 9.15 Å². The number of amides is 1. The number of carbonyl (C=O) groups excluding carboxylic acids is 1. The van der Waals surface area contributed by atoms with E-state index in [0.717, 1.165) is 17.8 Å². The third-order valence-electron chi connectivity index (χ3n) is 5.44. The second-order valence-corrected chi connectivity index (χ2v) is 9.10. The number of carbonyl (C=O) groups is 1. The van der Waals surface area contributed by atoms with Crippen LogP contribution in [0.15, 0.2) is 51.7 Å². The topological polar surface area (TPSA) is 85.5 Å². The number of anilines is 1. The van der Waals surface area contributed by atoms with Gasteiger partial charge in [0.25, 0.3) is 5.91 Å². The molecular weight excluding hydrogens is 462 g/mol. The molecule has 1 aliphatic rings. The number of hydrogen-bond acceptors (Lipinski definition) is 7. The van der Waals surface area contributed by atoms with E-state index in [1.807, 2.05) is 31.2 Å². The van der Waals surface area contributed by atoms with Crippen molar-refractivity contribution in [3.8, 4) is 5.75 Å². The minimum absolute atomic E-state index is 0.00822. The Morgan fingerprint density at radius 2 is 2.00 bits per heavy atom. The molecule has 0 bridgehead atoms. The Hall–Kier alpha value is -3.23. The molecule has 5 rings (SSSR count). The van der Waals surface area contributed by atoms with E-state index in [1.54, 1.807) is 18.2 Å². The van der Waals surface area contributed by atoms with Gasteiger partial charge in [-0.3, -0.25) is 14.5 Å². The average Bonchev–Trinajstić information content (AvgIpc) is 3.37. The van der Waals surface area contributed by atoms with Crippen LogP contribution in [0.5, 0.6) is 5.75 Å². The van der Waals surface area contributed by atoms with Crippen molar-refractivity contribution in [1.29, 1.82) is 0 Å². The predicted molar refractivity (Wildman–Crippen MR) is 128 cm³/mol. The number of rotatable bonds is 6. The smallest absolute Gasteiger partial charge is 0.297 e. The molecule has 0 N–H and O–H groups in total. The van der Waals surface area contributed by atoms with Gasteiger partial charge in [0.15, 0.2) is 5.43 Å². The highest BCUT2D eigenvalue weighted by Gasteiger charge is 2.45. The molecule has 0 aliphatic carbocycles. The van der Waals surface area contributed by atoms with E-state index in [9.17, 15) is 9.59 Å². The average molecular weight is 482 g/mol. The van der Waals surface area contributed by atoms with Crippen LogP contribution in [0.1, 0.15) is 53.0 Å². The van der Waals surface area contributed by atoms with Crippen molar-refractivity contribution in [3.63, 3.8) is 0 Å². The van der Waals surface area contributed by atoms with Gasteiger partial charge in [-0.2, -0.15) is 0 Å². The fourth-order valence-electron chi connectivity index (χ4n) is 4.06. The van der Waals surface area contributed by atoms with Crippen LogP contribution in [0.25, 0.3) is 11.0 Å². The lowest BCUT2D eigenvalue weighted by Crippen LogP contribution is -2.29. The van der Waals surface area contributed by atoms with Crippen LogP contribution < -0.4 is 15.1 Å². The van der Waals surface area contributed by atoms with Crippen LogP contribution in [0.4, 0.5) is 5.13 Å². The van der Waals surface area contributed by atoms with Crippen molar-refractivity contribution in [2.45, 2.75) is 32.7 Å². The molecule has 168 valence electrons. The number of nitrogens with zero attached hydrogens (tertiary/aromatic N) is 3. The third-order valence-corrected chi connectivity index (χ3v) is 6.66. The highest BCUT2D eigenvalue weighted by atomic mass is 35.5. The van der Waals surface area contributed by atoms with E-state index in [2.05, 4.69) is 17.1 Å². The van der Waals surface area contributed by atoms with E-state index in [4.69, 9.17) is 20.8 Å². The number of hydrogen-bond donors (Lipinski definition) is 0. The summed E-state index contributed by atoms with van der Waals surface area (Å²) in [6, 6.07) is 11.4. The number of aryl methyl sites for hydroxylation is 1. The Kier molecular flexibility index (Phi) is 5.64. The molecule has 0 spiro atoms. The Balaban J connectivity index is 1.75. The zero-order valence-corrected chi connectivity index (χ0v) is 19.6. The molecule has 0 saturated carbocycles. The van der Waals surface area contributed by atoms with Crippen LogP contribution in [0.3, 0.4) is 0 Å². The van der Waals surface area contributed by atoms with Crippen molar-refractivity contribution in [2.75, 3.05) is 11.5 Å². The molecule has 4 aromatic rings. The summed E-state index contributed by atoms with van der Waals surface area (Å²) in [6.45, 7) is 4.45. The van der Waals surface area contributed by atoms with E-state index in [0.29, 0.717) is 39.0 Å². The van der Waals surface area contributed by atoms with Gasteiger partial charge in [0.1, 0.15) is 16.3 Å². The first-order chi connectivity index (χ1) is 16.0. The summed E-state index contributed by atoms with van der Waals surface area (Å²) >= 11 is 7.49. The van der Waals surface area contributed by atoms with Gasteiger partial charge in [-0.1, -0.05) is 42.0 Å². The summed E-state index contributed by atoms with van der Waals surface area (Å²) in [5.74, 6) is 0.229. The van der Waals surface area contributed by atoms with Crippen LogP contribution in [0, 0.1) is 0 Å². The van der Waals surface area contributed by atoms with E-state index >= 15 is 0 Å². The van der Waals surface area contributed by atoms with Gasteiger partial charge >= 0.3 is 0 Å². The SMILES string of the molecule is CCCc1nnc(N2C(=O)c3oc4ccc(Cl)cc4c(=O)c3C2c2cccc(OCC)c2)s1. The molecule has 1 aliphatic heterocycles. The second-order valence-electron chi connectivity index (χ2n) is 7.63. The lowest BCUT2D eigenvalue weighted by atomic mass is 9.98. The van der Waals surface area contributed by atoms with Crippen LogP contribution in [-0.4, -0.2) is 22.7 Å². The summed E-state index contributed by atoms with van der Waals surface area (Å²) in [6.07, 6.45) is 1.67. The zero-order chi connectivity index (χ0) is 23.1. The van der Waals surface area contributed by atoms with Crippen LogP contribution in [0.2, 0.25) is 5.02 Å². The molecule has 7 nitrogen and oxygen atoms in total. The molecule has 1 unspecified atom stereocenters. The molecule has 1 atom stereocenters. The fourth-order valence-corrected chi connectivity index (χ4v) is 5.19. The van der Waals surface area contributed by atoms with E-state index in [-0.39, 0.29) is 16.8 Å². The quantitative estimate of drug-likeness (QED) is 0.366. The fraction of sp³-hybridized carbons (Fsp3) is 0.250. The highest BCUT2D eigenvalue weighted by molar-refractivity contribution is 7.15. The molecule has 3 heterocycles. The minimum atomic E-state index is -0.727. The Bertz CT molecular complexity index is 1430. The predicted octanol–water partition coefficient (Wildman–Crippen LogP) is 5.40. The number of benzene rings is 2. The first-order valence-corrected chi connectivity index (χ1v) is 11.9. The lowest BCUT2D eigenvalue weighted by Gasteiger charge is -2.22. The largest absolute Gasteiger partial charge is 0.494 e. The maximum atomic E-state index is 13.6. The van der Waals surface area contributed by atoms with Crippen molar-refractivity contribution in [1.82, 2.24) is 10.2 Å². The Morgan fingerprint density at radius 3 is 2.79 bits per heavy atom. The molecule has 2 aromatic carbocycles. The van der Waals surface area contributed by atoms with Crippen molar-refractivity contribution in [2.24, 2.45) is 0 Å². The Labute approximate surface area is 198 Å². The molecule has 0 fully saturated rings. The van der Waals surface area contributed by atoms with E-state index in [1.165, 1.54) is 16.2 Å². The number of ether oxygens (including phenoxy) is 1. The molecular formula is C24H20ClN3O4S. The van der Waals surface area contributed by atoms with Gasteiger partial charge in [-0.15, -0.1) is 10.2 Å². The van der Waals surface area contributed by atoms with Gasteiger partial charge in [0.2, 0.25) is 10.9 Å². The van der Waals surface area contributed by atoms with Gasteiger partial charge in [0.05, 0.1) is 23.6 Å². The molecule has 0 radical (unpaired) electrons. The lowest BCUT2D eigenvalue weighted by molar-refractivity contribution is 0.0970. The van der Waals surface area contributed by atoms with Gasteiger partial charge in [0, 0.05) is 11.4 Å². The minimum Gasteiger partial charge on any atom is -0.494 e. The Morgan fingerprint density at radius 1 is 1.15 bits per heavy atom. The molecule has 0 saturated heterocycles. The zero-order valence-electron chi connectivity index (χ0n) is 18.0. The van der Waals surface area contributed by atoms with Crippen LogP contribution in [-0.2, 0) is 6.42 Å². The number of fused-ring (bicyclic) bond motifs is 2. The molecule has 33 heavy (non-hydrogen) atoms. The van der Waals surface area contributed by atoms with Gasteiger partial charge in [-0.05, 0) is 49.2 Å². The molecule has 9 heteroatoms. The van der Waals surface area contributed by atoms with Crippen molar-refractivity contribution in [3.05, 3.63) is 79.6 Å². The summed E-state index contributed by atoms with van der Waals surface area (Å²) < 4.78 is 11.6. The van der Waals surface area contributed by atoms with Crippen molar-refractivity contribution >= 4 is 44.9 Å². The first kappa shape index (κ1) is 21.6. The summed E-state index contributed by atoms with van der Waals surface area (Å²) in [7, 11) is 0. The second kappa shape index (κ2) is 8.61. The summed E-state index contributed by atoms with van der Waals surface area (Å²) in [5.41, 5.74) is 0.989. The summed E-state index contributed by atoms with van der Waals surface area (Å²) in [4.78, 5) is 28.7. The highest BCUT2D eigenvalue weighted by Crippen LogP contribution is 2.43. The number of aromatic nitrogens is 2. The summed E-state index contributed by atoms with van der Waals surface area (Å²) in [5, 5.41) is 10.5. The monoisotopic (exact) mass is 481 g/mol. The van der Waals surface area contributed by atoms with Crippen LogP contribution >= 0.6 is 22.9 Å². The maximum Gasteiger partial charge on any atom is 0.297 e. The standard InChI is InChI=1S/C24H20ClN3O4S/c1-3-6-18-26-27-24(33-18)28-20(13-7-5-8-15(11-13)31-4-2)19-21(29)16-12-14(25)9-10-17(16)32-22(19)23(28)30/h5,7-12,20H,3-4,6H2,1-2H3.